The van der Waals surface area contributed by atoms with Gasteiger partial charge in [-0.25, -0.2) is 0 Å². The second kappa shape index (κ2) is 6.30. The van der Waals surface area contributed by atoms with Crippen molar-refractivity contribution in [2.45, 2.75) is 19.5 Å². The van der Waals surface area contributed by atoms with Crippen LogP contribution >= 0.6 is 0 Å². The van der Waals surface area contributed by atoms with Crippen molar-refractivity contribution in [1.29, 1.82) is 0 Å². The van der Waals surface area contributed by atoms with Crippen LogP contribution in [0.1, 0.15) is 23.3 Å². The zero-order valence-electron chi connectivity index (χ0n) is 12.4. The molecule has 0 saturated carbocycles. The molecule has 3 rings (SSSR count). The largest absolute Gasteiger partial charge is 0.459 e. The van der Waals surface area contributed by atoms with Crippen molar-refractivity contribution < 1.29 is 14.0 Å². The number of hydrogen-bond acceptors (Lipinski definition) is 5. The van der Waals surface area contributed by atoms with Crippen molar-refractivity contribution >= 4 is 17.5 Å². The number of fused-ring (bicyclic) bond motifs is 1. The molecule has 3 heterocycles. The lowest BCUT2D eigenvalue weighted by molar-refractivity contribution is -0.122. The summed E-state index contributed by atoms with van der Waals surface area (Å²) < 4.78 is 6.76. The van der Waals surface area contributed by atoms with Crippen molar-refractivity contribution in [2.75, 3.05) is 0 Å². The van der Waals surface area contributed by atoms with E-state index >= 15 is 0 Å². The van der Waals surface area contributed by atoms with Gasteiger partial charge in [-0.3, -0.25) is 14.0 Å². The Bertz CT molecular complexity index is 825. The number of nitrogens with one attached hydrogen (secondary N) is 2. The number of aromatic nitrogens is 3. The number of carbonyl (C=O) groups excluding carboxylic acids is 2. The third-order valence-corrected chi connectivity index (χ3v) is 3.29. The van der Waals surface area contributed by atoms with Gasteiger partial charge < -0.3 is 15.1 Å². The van der Waals surface area contributed by atoms with Crippen LogP contribution in [-0.2, 0) is 11.3 Å². The Labute approximate surface area is 131 Å². The number of carbonyl (C=O) groups is 2. The van der Waals surface area contributed by atoms with E-state index in [0.717, 1.165) is 0 Å². The van der Waals surface area contributed by atoms with Crippen LogP contribution in [0.2, 0.25) is 0 Å². The number of pyridine rings is 1. The van der Waals surface area contributed by atoms with E-state index < -0.39 is 11.9 Å². The van der Waals surface area contributed by atoms with Gasteiger partial charge in [0.25, 0.3) is 5.91 Å². The second-order valence-corrected chi connectivity index (χ2v) is 4.94. The van der Waals surface area contributed by atoms with Gasteiger partial charge in [-0.1, -0.05) is 6.07 Å². The summed E-state index contributed by atoms with van der Waals surface area (Å²) in [6.45, 7) is 1.81. The predicted molar refractivity (Wildman–Crippen MR) is 80.5 cm³/mol. The fourth-order valence-corrected chi connectivity index (χ4v) is 2.07. The molecule has 0 radical (unpaired) electrons. The Morgan fingerprint density at radius 2 is 2.13 bits per heavy atom. The lowest BCUT2D eigenvalue weighted by atomic mass is 10.3. The molecule has 0 aliphatic carbocycles. The Kier molecular flexibility index (Phi) is 4.05. The molecule has 0 aromatic carbocycles. The summed E-state index contributed by atoms with van der Waals surface area (Å²) in [6.07, 6.45) is 3.22. The fraction of sp³-hybridized carbons (Fsp3) is 0.200. The molecule has 23 heavy (non-hydrogen) atoms. The average molecular weight is 313 g/mol. The minimum absolute atomic E-state index is 0.160. The molecule has 3 aromatic rings. The monoisotopic (exact) mass is 313 g/mol. The lowest BCUT2D eigenvalue weighted by Gasteiger charge is -2.12. The summed E-state index contributed by atoms with van der Waals surface area (Å²) in [4.78, 5) is 23.9. The van der Waals surface area contributed by atoms with Crippen molar-refractivity contribution in [3.05, 3.63) is 54.4 Å². The van der Waals surface area contributed by atoms with E-state index in [9.17, 15) is 9.59 Å². The predicted octanol–water partition coefficient (Wildman–Crippen LogP) is 0.757. The molecule has 2 amide bonds. The first-order chi connectivity index (χ1) is 11.1. The summed E-state index contributed by atoms with van der Waals surface area (Å²) in [5.41, 5.74) is 0.705. The maximum absolute atomic E-state index is 12.1. The molecule has 0 saturated heterocycles. The molecule has 0 unspecified atom stereocenters. The normalized spacial score (nSPS) is 12.0. The van der Waals surface area contributed by atoms with E-state index in [1.165, 1.54) is 12.3 Å². The SMILES string of the molecule is C[C@H](NC(=O)c1ccco1)C(=O)NCc1nnc2ccccn12. The van der Waals surface area contributed by atoms with Gasteiger partial charge in [0.2, 0.25) is 5.91 Å². The van der Waals surface area contributed by atoms with Crippen molar-refractivity contribution in [1.82, 2.24) is 25.2 Å². The summed E-state index contributed by atoms with van der Waals surface area (Å²) in [6, 6.07) is 7.97. The molecule has 8 nitrogen and oxygen atoms in total. The molecule has 0 fully saturated rings. The van der Waals surface area contributed by atoms with Gasteiger partial charge in [-0.15, -0.1) is 10.2 Å². The fourth-order valence-electron chi connectivity index (χ4n) is 2.07. The quantitative estimate of drug-likeness (QED) is 0.724. The topological polar surface area (TPSA) is 102 Å². The van der Waals surface area contributed by atoms with Crippen LogP contribution in [0.15, 0.2) is 47.2 Å². The number of furan rings is 1. The minimum Gasteiger partial charge on any atom is -0.459 e. The van der Waals surface area contributed by atoms with Crippen LogP contribution in [0.3, 0.4) is 0 Å². The van der Waals surface area contributed by atoms with Gasteiger partial charge >= 0.3 is 0 Å². The van der Waals surface area contributed by atoms with Crippen molar-refractivity contribution in [3.63, 3.8) is 0 Å². The highest BCUT2D eigenvalue weighted by Gasteiger charge is 2.18. The highest BCUT2D eigenvalue weighted by Crippen LogP contribution is 2.03. The first-order valence-corrected chi connectivity index (χ1v) is 7.06. The van der Waals surface area contributed by atoms with Crippen LogP contribution in [0, 0.1) is 0 Å². The number of hydrogen-bond donors (Lipinski definition) is 2. The molecule has 1 atom stereocenters. The van der Waals surface area contributed by atoms with Gasteiger partial charge in [0.15, 0.2) is 17.2 Å². The van der Waals surface area contributed by atoms with Gasteiger partial charge in [0.05, 0.1) is 12.8 Å². The lowest BCUT2D eigenvalue weighted by Crippen LogP contribution is -2.44. The van der Waals surface area contributed by atoms with Crippen molar-refractivity contribution in [3.8, 4) is 0 Å². The smallest absolute Gasteiger partial charge is 0.287 e. The van der Waals surface area contributed by atoms with Gasteiger partial charge in [-0.2, -0.15) is 0 Å². The van der Waals surface area contributed by atoms with Crippen LogP contribution in [0.25, 0.3) is 5.65 Å². The van der Waals surface area contributed by atoms with E-state index in [1.54, 1.807) is 17.4 Å². The van der Waals surface area contributed by atoms with Crippen molar-refractivity contribution in [2.24, 2.45) is 0 Å². The Hall–Kier alpha value is -3.16. The number of rotatable bonds is 5. The Morgan fingerprint density at radius 3 is 2.91 bits per heavy atom. The first-order valence-electron chi connectivity index (χ1n) is 7.06. The van der Waals surface area contributed by atoms with Crippen LogP contribution < -0.4 is 10.6 Å². The van der Waals surface area contributed by atoms with E-state index in [0.29, 0.717) is 11.5 Å². The molecule has 3 aromatic heterocycles. The van der Waals surface area contributed by atoms with Crippen LogP contribution in [-0.4, -0.2) is 32.5 Å². The van der Waals surface area contributed by atoms with Gasteiger partial charge in [0, 0.05) is 6.20 Å². The van der Waals surface area contributed by atoms with E-state index in [4.69, 9.17) is 4.42 Å². The van der Waals surface area contributed by atoms with Gasteiger partial charge in [0.1, 0.15) is 6.04 Å². The molecule has 0 spiro atoms. The maximum Gasteiger partial charge on any atom is 0.287 e. The van der Waals surface area contributed by atoms with E-state index in [2.05, 4.69) is 20.8 Å². The molecule has 0 aliphatic rings. The molecular formula is C15H15N5O3. The summed E-state index contributed by atoms with van der Waals surface area (Å²) >= 11 is 0. The van der Waals surface area contributed by atoms with Gasteiger partial charge in [-0.05, 0) is 31.2 Å². The zero-order chi connectivity index (χ0) is 16.2. The highest BCUT2D eigenvalue weighted by molar-refractivity contribution is 5.95. The van der Waals surface area contributed by atoms with Crippen LogP contribution in [0.4, 0.5) is 0 Å². The summed E-state index contributed by atoms with van der Waals surface area (Å²) in [5.74, 6) is 0.00905. The van der Waals surface area contributed by atoms with E-state index in [-0.39, 0.29) is 18.2 Å². The molecule has 8 heteroatoms. The summed E-state index contributed by atoms with van der Waals surface area (Å²) in [7, 11) is 0. The number of nitrogens with zero attached hydrogens (tertiary/aromatic N) is 3. The Morgan fingerprint density at radius 1 is 1.26 bits per heavy atom. The first kappa shape index (κ1) is 14.8. The third-order valence-electron chi connectivity index (χ3n) is 3.29. The van der Waals surface area contributed by atoms with E-state index in [1.807, 2.05) is 24.4 Å². The maximum atomic E-state index is 12.1. The minimum atomic E-state index is -0.702. The molecule has 2 N–H and O–H groups in total. The zero-order valence-corrected chi connectivity index (χ0v) is 12.4. The highest BCUT2D eigenvalue weighted by atomic mass is 16.3. The standard InChI is InChI=1S/C15H15N5O3/c1-10(17-15(22)11-5-4-8-23-11)14(21)16-9-13-19-18-12-6-2-3-7-20(12)13/h2-8,10H,9H2,1H3,(H,16,21)(H,17,22)/t10-/m0/s1. The summed E-state index contributed by atoms with van der Waals surface area (Å²) in [5, 5.41) is 13.3. The number of amides is 2. The molecule has 0 bridgehead atoms. The van der Waals surface area contributed by atoms with Crippen LogP contribution in [0.5, 0.6) is 0 Å². The molecular weight excluding hydrogens is 298 g/mol. The second-order valence-electron chi connectivity index (χ2n) is 4.94. The molecule has 0 aliphatic heterocycles. The average Bonchev–Trinajstić information content (AvgIpc) is 3.22. The Balaban J connectivity index is 1.57. The third kappa shape index (κ3) is 3.20. The molecule has 118 valence electrons.